The maximum atomic E-state index is 13.2. The third kappa shape index (κ3) is 3.04. The maximum absolute atomic E-state index is 13.2. The molecule has 0 spiro atoms. The summed E-state index contributed by atoms with van der Waals surface area (Å²) in [5.41, 5.74) is 1.04. The molecular formula is C18H17F2NO2. The Morgan fingerprint density at radius 2 is 1.91 bits per heavy atom. The van der Waals surface area contributed by atoms with Crippen LogP contribution in [-0.2, 0) is 5.41 Å². The van der Waals surface area contributed by atoms with Crippen LogP contribution in [0.5, 0.6) is 5.75 Å². The van der Waals surface area contributed by atoms with Gasteiger partial charge in [0.05, 0.1) is 7.11 Å². The van der Waals surface area contributed by atoms with Crippen LogP contribution in [0.1, 0.15) is 28.8 Å². The second-order valence-corrected chi connectivity index (χ2v) is 5.79. The van der Waals surface area contributed by atoms with E-state index in [9.17, 15) is 13.6 Å². The van der Waals surface area contributed by atoms with E-state index in [0.717, 1.165) is 36.3 Å². The highest BCUT2D eigenvalue weighted by Crippen LogP contribution is 2.50. The minimum Gasteiger partial charge on any atom is -0.496 e. The van der Waals surface area contributed by atoms with Gasteiger partial charge >= 0.3 is 0 Å². The van der Waals surface area contributed by atoms with Crippen LogP contribution in [0.3, 0.4) is 0 Å². The molecule has 1 aliphatic carbocycles. The third-order valence-corrected chi connectivity index (χ3v) is 4.30. The van der Waals surface area contributed by atoms with Crippen molar-refractivity contribution in [3.8, 4) is 5.75 Å². The Kier molecular flexibility index (Phi) is 4.03. The molecule has 1 N–H and O–H groups in total. The predicted molar refractivity (Wildman–Crippen MR) is 82.6 cm³/mol. The van der Waals surface area contributed by atoms with Gasteiger partial charge in [-0.3, -0.25) is 4.79 Å². The fraction of sp³-hybridized carbons (Fsp3) is 0.278. The minimum atomic E-state index is -1.02. The first-order chi connectivity index (χ1) is 11.1. The van der Waals surface area contributed by atoms with Gasteiger partial charge in [0.25, 0.3) is 5.91 Å². The van der Waals surface area contributed by atoms with Crippen LogP contribution in [0, 0.1) is 11.6 Å². The van der Waals surface area contributed by atoms with Crippen molar-refractivity contribution in [3.63, 3.8) is 0 Å². The van der Waals surface area contributed by atoms with Crippen LogP contribution in [0.15, 0.2) is 42.5 Å². The molecule has 3 nitrogen and oxygen atoms in total. The highest BCUT2D eigenvalue weighted by molar-refractivity contribution is 5.94. The zero-order valence-corrected chi connectivity index (χ0v) is 12.7. The first-order valence-electron chi connectivity index (χ1n) is 7.42. The molecule has 120 valence electrons. The first-order valence-corrected chi connectivity index (χ1v) is 7.42. The summed E-state index contributed by atoms with van der Waals surface area (Å²) in [5.74, 6) is -1.60. The van der Waals surface area contributed by atoms with Crippen molar-refractivity contribution in [2.75, 3.05) is 13.7 Å². The molecule has 5 heteroatoms. The van der Waals surface area contributed by atoms with Crippen molar-refractivity contribution < 1.29 is 18.3 Å². The monoisotopic (exact) mass is 317 g/mol. The minimum absolute atomic E-state index is 0.111. The van der Waals surface area contributed by atoms with Gasteiger partial charge in [-0.15, -0.1) is 0 Å². The normalized spacial score (nSPS) is 15.1. The lowest BCUT2D eigenvalue weighted by molar-refractivity contribution is 0.0949. The van der Waals surface area contributed by atoms with Gasteiger partial charge in [0.15, 0.2) is 11.6 Å². The van der Waals surface area contributed by atoms with Crippen molar-refractivity contribution in [2.24, 2.45) is 0 Å². The average molecular weight is 317 g/mol. The molecule has 1 amide bonds. The molecule has 0 atom stereocenters. The largest absolute Gasteiger partial charge is 0.496 e. The number of hydrogen-bond donors (Lipinski definition) is 1. The van der Waals surface area contributed by atoms with Crippen LogP contribution in [-0.4, -0.2) is 19.6 Å². The molecule has 0 bridgehead atoms. The van der Waals surface area contributed by atoms with Gasteiger partial charge in [0.1, 0.15) is 5.75 Å². The van der Waals surface area contributed by atoms with Gasteiger partial charge in [-0.25, -0.2) is 8.78 Å². The topological polar surface area (TPSA) is 38.3 Å². The number of halogens is 2. The van der Waals surface area contributed by atoms with Gasteiger partial charge in [0.2, 0.25) is 0 Å². The Morgan fingerprint density at radius 1 is 1.17 bits per heavy atom. The van der Waals surface area contributed by atoms with E-state index in [2.05, 4.69) is 5.32 Å². The molecule has 3 rings (SSSR count). The summed E-state index contributed by atoms with van der Waals surface area (Å²) in [5, 5.41) is 2.81. The lowest BCUT2D eigenvalue weighted by Gasteiger charge is -2.19. The van der Waals surface area contributed by atoms with E-state index in [0.29, 0.717) is 6.54 Å². The number of benzene rings is 2. The second-order valence-electron chi connectivity index (χ2n) is 5.79. The third-order valence-electron chi connectivity index (χ3n) is 4.30. The van der Waals surface area contributed by atoms with Gasteiger partial charge in [-0.1, -0.05) is 18.2 Å². The molecule has 2 aromatic rings. The summed E-state index contributed by atoms with van der Waals surface area (Å²) in [7, 11) is 1.62. The molecule has 0 radical (unpaired) electrons. The van der Waals surface area contributed by atoms with Crippen molar-refractivity contribution in [3.05, 3.63) is 65.2 Å². The lowest BCUT2D eigenvalue weighted by Crippen LogP contribution is -2.32. The van der Waals surface area contributed by atoms with Crippen molar-refractivity contribution in [2.45, 2.75) is 18.3 Å². The number of nitrogens with one attached hydrogen (secondary N) is 1. The molecule has 2 aromatic carbocycles. The number of hydrogen-bond acceptors (Lipinski definition) is 2. The highest BCUT2D eigenvalue weighted by Gasteiger charge is 2.46. The van der Waals surface area contributed by atoms with Gasteiger partial charge in [-0.2, -0.15) is 0 Å². The molecule has 0 saturated heterocycles. The summed E-state index contributed by atoms with van der Waals surface area (Å²) in [6.45, 7) is 0.436. The SMILES string of the molecule is COc1ccccc1C1(CNC(=O)c2ccc(F)c(F)c2)CC1. The number of para-hydroxylation sites is 1. The summed E-state index contributed by atoms with van der Waals surface area (Å²) in [4.78, 5) is 12.1. The number of ether oxygens (including phenoxy) is 1. The standard InChI is InChI=1S/C18H17F2NO2/c1-23-16-5-3-2-4-13(16)18(8-9-18)11-21-17(22)12-6-7-14(19)15(20)10-12/h2-7,10H,8-9,11H2,1H3,(H,21,22). The average Bonchev–Trinajstić information content (AvgIpc) is 3.36. The van der Waals surface area contributed by atoms with E-state index in [1.165, 1.54) is 6.07 Å². The molecular weight excluding hydrogens is 300 g/mol. The fourth-order valence-corrected chi connectivity index (χ4v) is 2.76. The van der Waals surface area contributed by atoms with Crippen LogP contribution >= 0.6 is 0 Å². The predicted octanol–water partition coefficient (Wildman–Crippen LogP) is 3.44. The fourth-order valence-electron chi connectivity index (χ4n) is 2.76. The summed E-state index contributed by atoms with van der Waals surface area (Å²) in [6, 6.07) is 10.9. The molecule has 0 aromatic heterocycles. The summed E-state index contributed by atoms with van der Waals surface area (Å²) >= 11 is 0. The van der Waals surface area contributed by atoms with Gasteiger partial charge in [-0.05, 0) is 37.1 Å². The van der Waals surface area contributed by atoms with Gasteiger partial charge < -0.3 is 10.1 Å². The number of carbonyl (C=O) groups excluding carboxylic acids is 1. The Morgan fingerprint density at radius 3 is 2.57 bits per heavy atom. The number of methoxy groups -OCH3 is 1. The Labute approximate surface area is 133 Å². The van der Waals surface area contributed by atoms with E-state index in [1.54, 1.807) is 7.11 Å². The Hall–Kier alpha value is -2.43. The van der Waals surface area contributed by atoms with Crippen molar-refractivity contribution in [1.29, 1.82) is 0 Å². The first kappa shape index (κ1) is 15.5. The second kappa shape index (κ2) is 5.99. The molecule has 0 unspecified atom stereocenters. The summed E-state index contributed by atoms with van der Waals surface area (Å²) < 4.78 is 31.5. The van der Waals surface area contributed by atoms with E-state index >= 15 is 0 Å². The van der Waals surface area contributed by atoms with Crippen LogP contribution in [0.4, 0.5) is 8.78 Å². The highest BCUT2D eigenvalue weighted by atomic mass is 19.2. The van der Waals surface area contributed by atoms with Crippen LogP contribution < -0.4 is 10.1 Å². The zero-order valence-electron chi connectivity index (χ0n) is 12.7. The molecule has 0 aliphatic heterocycles. The Balaban J connectivity index is 1.72. The zero-order chi connectivity index (χ0) is 16.4. The van der Waals surface area contributed by atoms with E-state index in [-0.39, 0.29) is 11.0 Å². The van der Waals surface area contributed by atoms with Gasteiger partial charge in [0, 0.05) is 23.1 Å². The van der Waals surface area contributed by atoms with E-state index in [1.807, 2.05) is 24.3 Å². The number of carbonyl (C=O) groups is 1. The number of rotatable bonds is 5. The maximum Gasteiger partial charge on any atom is 0.251 e. The van der Waals surface area contributed by atoms with Crippen LogP contribution in [0.2, 0.25) is 0 Å². The lowest BCUT2D eigenvalue weighted by atomic mass is 9.94. The van der Waals surface area contributed by atoms with Crippen molar-refractivity contribution in [1.82, 2.24) is 5.32 Å². The smallest absolute Gasteiger partial charge is 0.251 e. The van der Waals surface area contributed by atoms with Crippen LogP contribution in [0.25, 0.3) is 0 Å². The molecule has 1 saturated carbocycles. The van der Waals surface area contributed by atoms with E-state index in [4.69, 9.17) is 4.74 Å². The molecule has 0 heterocycles. The molecule has 23 heavy (non-hydrogen) atoms. The Bertz CT molecular complexity index is 742. The number of amides is 1. The molecule has 1 aliphatic rings. The summed E-state index contributed by atoms with van der Waals surface area (Å²) in [6.07, 6.45) is 1.90. The quantitative estimate of drug-likeness (QED) is 0.917. The molecule has 1 fully saturated rings. The van der Waals surface area contributed by atoms with Crippen molar-refractivity contribution >= 4 is 5.91 Å². The van der Waals surface area contributed by atoms with E-state index < -0.39 is 17.5 Å².